The van der Waals surface area contributed by atoms with Crippen molar-refractivity contribution in [3.05, 3.63) is 54.4 Å². The molecule has 0 unspecified atom stereocenters. The van der Waals surface area contributed by atoms with Crippen LogP contribution in [-0.4, -0.2) is 38.6 Å². The molecule has 0 bridgehead atoms. The molecule has 1 aliphatic heterocycles. The molecule has 148 valence electrons. The fraction of sp³-hybridized carbons (Fsp3) is 0.318. The van der Waals surface area contributed by atoms with Crippen LogP contribution in [0, 0.1) is 0 Å². The molecule has 0 aliphatic carbocycles. The summed E-state index contributed by atoms with van der Waals surface area (Å²) in [6.07, 6.45) is 3.76. The SMILES string of the molecule is CCn1c2ccccc2c2cc(NC(=O)c3cn(C4CCNCC4)nn3)ccc21. The smallest absolute Gasteiger partial charge is 0.277 e. The van der Waals surface area contributed by atoms with Gasteiger partial charge in [-0.05, 0) is 57.1 Å². The van der Waals surface area contributed by atoms with Crippen LogP contribution in [0.3, 0.4) is 0 Å². The Morgan fingerprint density at radius 1 is 1.14 bits per heavy atom. The average molecular weight is 388 g/mol. The third kappa shape index (κ3) is 3.17. The van der Waals surface area contributed by atoms with Crippen molar-refractivity contribution in [1.29, 1.82) is 0 Å². The number of rotatable bonds is 4. The number of carbonyl (C=O) groups excluding carboxylic acids is 1. The molecule has 4 aromatic rings. The first kappa shape index (κ1) is 17.9. The molecular weight excluding hydrogens is 364 g/mol. The van der Waals surface area contributed by atoms with Crippen molar-refractivity contribution in [2.45, 2.75) is 32.4 Å². The lowest BCUT2D eigenvalue weighted by atomic mass is 10.1. The highest BCUT2D eigenvalue weighted by Crippen LogP contribution is 2.31. The molecule has 1 aliphatic rings. The molecular formula is C22H24N6O. The minimum Gasteiger partial charge on any atom is -0.341 e. The van der Waals surface area contributed by atoms with Crippen molar-refractivity contribution < 1.29 is 4.79 Å². The summed E-state index contributed by atoms with van der Waals surface area (Å²) >= 11 is 0. The summed E-state index contributed by atoms with van der Waals surface area (Å²) in [4.78, 5) is 12.7. The fourth-order valence-corrected chi connectivity index (χ4v) is 4.30. The highest BCUT2D eigenvalue weighted by molar-refractivity contribution is 6.10. The van der Waals surface area contributed by atoms with E-state index in [-0.39, 0.29) is 5.91 Å². The van der Waals surface area contributed by atoms with E-state index in [1.165, 1.54) is 16.4 Å². The number of para-hydroxylation sites is 1. The predicted molar refractivity (Wildman–Crippen MR) is 114 cm³/mol. The molecule has 7 nitrogen and oxygen atoms in total. The lowest BCUT2D eigenvalue weighted by Crippen LogP contribution is -2.29. The summed E-state index contributed by atoms with van der Waals surface area (Å²) in [5.74, 6) is -0.233. The number of hydrogen-bond donors (Lipinski definition) is 2. The summed E-state index contributed by atoms with van der Waals surface area (Å²) < 4.78 is 4.12. The van der Waals surface area contributed by atoms with Crippen LogP contribution in [0.1, 0.15) is 36.3 Å². The zero-order valence-electron chi connectivity index (χ0n) is 16.4. The van der Waals surface area contributed by atoms with Crippen molar-refractivity contribution in [3.8, 4) is 0 Å². The predicted octanol–water partition coefficient (Wildman–Crippen LogP) is 3.58. The van der Waals surface area contributed by atoms with Crippen LogP contribution in [-0.2, 0) is 6.54 Å². The van der Waals surface area contributed by atoms with Crippen LogP contribution in [0.4, 0.5) is 5.69 Å². The quantitative estimate of drug-likeness (QED) is 0.560. The molecule has 0 spiro atoms. The van der Waals surface area contributed by atoms with Crippen LogP contribution in [0.15, 0.2) is 48.7 Å². The van der Waals surface area contributed by atoms with Crippen LogP contribution >= 0.6 is 0 Å². The summed E-state index contributed by atoms with van der Waals surface area (Å²) in [6.45, 7) is 4.98. The Morgan fingerprint density at radius 3 is 2.76 bits per heavy atom. The van der Waals surface area contributed by atoms with Gasteiger partial charge in [0.2, 0.25) is 0 Å². The van der Waals surface area contributed by atoms with Crippen molar-refractivity contribution in [2.24, 2.45) is 0 Å². The van der Waals surface area contributed by atoms with E-state index in [1.807, 2.05) is 22.9 Å². The van der Waals surface area contributed by atoms with E-state index in [0.717, 1.165) is 43.5 Å². The Labute approximate surface area is 168 Å². The standard InChI is InChI=1S/C22H24N6O/c1-2-27-20-6-4-3-5-17(20)18-13-15(7-8-21(18)27)24-22(29)19-14-28(26-25-19)16-9-11-23-12-10-16/h3-8,13-14,16,23H,2,9-12H2,1H3,(H,24,29). The monoisotopic (exact) mass is 388 g/mol. The van der Waals surface area contributed by atoms with E-state index in [4.69, 9.17) is 0 Å². The number of carbonyl (C=O) groups is 1. The summed E-state index contributed by atoms with van der Waals surface area (Å²) in [5.41, 5.74) is 3.49. The van der Waals surface area contributed by atoms with Gasteiger partial charge in [0.25, 0.3) is 5.91 Å². The maximum absolute atomic E-state index is 12.7. The summed E-state index contributed by atoms with van der Waals surface area (Å²) in [5, 5.41) is 16.9. The van der Waals surface area contributed by atoms with Gasteiger partial charge in [0, 0.05) is 34.0 Å². The highest BCUT2D eigenvalue weighted by atomic mass is 16.2. The van der Waals surface area contributed by atoms with Gasteiger partial charge >= 0.3 is 0 Å². The molecule has 0 atom stereocenters. The molecule has 2 aromatic carbocycles. The van der Waals surface area contributed by atoms with Gasteiger partial charge in [0.1, 0.15) is 0 Å². The minimum atomic E-state index is -0.233. The molecule has 5 rings (SSSR count). The largest absolute Gasteiger partial charge is 0.341 e. The van der Waals surface area contributed by atoms with Crippen LogP contribution in [0.2, 0.25) is 0 Å². The van der Waals surface area contributed by atoms with E-state index in [0.29, 0.717) is 11.7 Å². The van der Waals surface area contributed by atoms with E-state index < -0.39 is 0 Å². The van der Waals surface area contributed by atoms with Gasteiger partial charge in [0.05, 0.1) is 12.2 Å². The van der Waals surface area contributed by atoms with Gasteiger partial charge in [0.15, 0.2) is 5.69 Å². The number of aryl methyl sites for hydroxylation is 1. The number of amides is 1. The van der Waals surface area contributed by atoms with Crippen LogP contribution in [0.25, 0.3) is 21.8 Å². The number of anilines is 1. The Bertz CT molecular complexity index is 1180. The van der Waals surface area contributed by atoms with Crippen LogP contribution in [0.5, 0.6) is 0 Å². The molecule has 3 heterocycles. The van der Waals surface area contributed by atoms with Crippen molar-refractivity contribution in [2.75, 3.05) is 18.4 Å². The van der Waals surface area contributed by atoms with Gasteiger partial charge in [-0.2, -0.15) is 0 Å². The zero-order chi connectivity index (χ0) is 19.8. The summed E-state index contributed by atoms with van der Waals surface area (Å²) in [7, 11) is 0. The molecule has 0 saturated carbocycles. The highest BCUT2D eigenvalue weighted by Gasteiger charge is 2.19. The third-order valence-electron chi connectivity index (χ3n) is 5.77. The topological polar surface area (TPSA) is 76.8 Å². The lowest BCUT2D eigenvalue weighted by Gasteiger charge is -2.22. The van der Waals surface area contributed by atoms with Crippen molar-refractivity contribution in [3.63, 3.8) is 0 Å². The number of piperidine rings is 1. The molecule has 7 heteroatoms. The summed E-state index contributed by atoms with van der Waals surface area (Å²) in [6, 6.07) is 14.7. The lowest BCUT2D eigenvalue weighted by molar-refractivity contribution is 0.102. The molecule has 1 saturated heterocycles. The molecule has 1 amide bonds. The number of hydrogen-bond acceptors (Lipinski definition) is 4. The number of nitrogens with zero attached hydrogens (tertiary/aromatic N) is 4. The molecule has 1 fully saturated rings. The van der Waals surface area contributed by atoms with E-state index in [9.17, 15) is 4.79 Å². The Kier molecular flexibility index (Phi) is 4.52. The third-order valence-corrected chi connectivity index (χ3v) is 5.77. The Hall–Kier alpha value is -3.19. The van der Waals surface area contributed by atoms with Gasteiger partial charge in [-0.25, -0.2) is 4.68 Å². The van der Waals surface area contributed by atoms with Gasteiger partial charge in [-0.15, -0.1) is 5.10 Å². The maximum Gasteiger partial charge on any atom is 0.277 e. The molecule has 0 radical (unpaired) electrons. The van der Waals surface area contributed by atoms with E-state index in [1.54, 1.807) is 6.20 Å². The second-order valence-electron chi connectivity index (χ2n) is 7.51. The first-order valence-electron chi connectivity index (χ1n) is 10.2. The number of benzene rings is 2. The zero-order valence-corrected chi connectivity index (χ0v) is 16.4. The second-order valence-corrected chi connectivity index (χ2v) is 7.51. The fourth-order valence-electron chi connectivity index (χ4n) is 4.30. The first-order valence-corrected chi connectivity index (χ1v) is 10.2. The van der Waals surface area contributed by atoms with Crippen molar-refractivity contribution in [1.82, 2.24) is 24.9 Å². The number of nitrogens with one attached hydrogen (secondary N) is 2. The average Bonchev–Trinajstić information content (AvgIpc) is 3.37. The Morgan fingerprint density at radius 2 is 1.93 bits per heavy atom. The van der Waals surface area contributed by atoms with Gasteiger partial charge in [-0.1, -0.05) is 23.4 Å². The van der Waals surface area contributed by atoms with Gasteiger partial charge in [-0.3, -0.25) is 4.79 Å². The second kappa shape index (κ2) is 7.33. The minimum absolute atomic E-state index is 0.233. The van der Waals surface area contributed by atoms with Crippen LogP contribution < -0.4 is 10.6 Å². The maximum atomic E-state index is 12.7. The van der Waals surface area contributed by atoms with Crippen molar-refractivity contribution >= 4 is 33.4 Å². The normalized spacial score (nSPS) is 15.2. The molecule has 29 heavy (non-hydrogen) atoms. The first-order chi connectivity index (χ1) is 14.2. The van der Waals surface area contributed by atoms with Gasteiger partial charge < -0.3 is 15.2 Å². The number of fused-ring (bicyclic) bond motifs is 3. The van der Waals surface area contributed by atoms with E-state index in [2.05, 4.69) is 56.7 Å². The molecule has 2 N–H and O–H groups in total. The molecule has 2 aromatic heterocycles. The number of aromatic nitrogens is 4. The van der Waals surface area contributed by atoms with E-state index >= 15 is 0 Å². The Balaban J connectivity index is 1.42.